The van der Waals surface area contributed by atoms with Gasteiger partial charge in [-0.3, -0.25) is 4.79 Å². The fourth-order valence-corrected chi connectivity index (χ4v) is 2.90. The van der Waals surface area contributed by atoms with Gasteiger partial charge in [-0.15, -0.1) is 0 Å². The fraction of sp³-hybridized carbons (Fsp3) is 0.950. The van der Waals surface area contributed by atoms with Gasteiger partial charge in [0, 0.05) is 6.42 Å². The van der Waals surface area contributed by atoms with Crippen molar-refractivity contribution in [3.8, 4) is 0 Å². The predicted molar refractivity (Wildman–Crippen MR) is 104 cm³/mol. The van der Waals surface area contributed by atoms with Gasteiger partial charge in [0.15, 0.2) is 0 Å². The van der Waals surface area contributed by atoms with Gasteiger partial charge in [0.05, 0.1) is 6.61 Å². The van der Waals surface area contributed by atoms with E-state index in [0.717, 1.165) is 19.3 Å². The summed E-state index contributed by atoms with van der Waals surface area (Å²) >= 11 is 0. The second-order valence-electron chi connectivity index (χ2n) is 7.39. The first kappa shape index (κ1) is 27.2. The van der Waals surface area contributed by atoms with Crippen molar-refractivity contribution in [2.45, 2.75) is 115 Å². The van der Waals surface area contributed by atoms with Gasteiger partial charge >= 0.3 is 5.97 Å². The van der Waals surface area contributed by atoms with Crippen LogP contribution in [0, 0.1) is 0 Å². The Morgan fingerprint density at radius 1 is 0.714 bits per heavy atom. The van der Waals surface area contributed by atoms with Crippen LogP contribution in [0.1, 0.15) is 84.0 Å². The molecule has 168 valence electrons. The molecule has 6 N–H and O–H groups in total. The lowest BCUT2D eigenvalue weighted by Crippen LogP contribution is -2.50. The smallest absolute Gasteiger partial charge is 0.308 e. The van der Waals surface area contributed by atoms with E-state index in [1.54, 1.807) is 0 Å². The molecule has 0 aromatic heterocycles. The summed E-state index contributed by atoms with van der Waals surface area (Å²) in [6.45, 7) is 1.37. The standard InChI is InChI=1S/C20H40O8/c1-2-3-4-5-6-7-8-9-10-11-12-13-16(23)28-20(27)19(26)18(25)17(24)15(22)14-21/h15,17-22,24-27H,2-14H2,1H3/t15-,17-,18+,19-,20?/m1/s1. The number of esters is 1. The minimum Gasteiger partial charge on any atom is -0.433 e. The first-order valence-corrected chi connectivity index (χ1v) is 10.6. The van der Waals surface area contributed by atoms with Crippen LogP contribution in [0.4, 0.5) is 0 Å². The summed E-state index contributed by atoms with van der Waals surface area (Å²) < 4.78 is 4.64. The lowest BCUT2D eigenvalue weighted by atomic mass is 10.0. The Morgan fingerprint density at radius 3 is 1.64 bits per heavy atom. The van der Waals surface area contributed by atoms with Crippen LogP contribution in [0.15, 0.2) is 0 Å². The van der Waals surface area contributed by atoms with Crippen LogP contribution >= 0.6 is 0 Å². The molecule has 5 atom stereocenters. The van der Waals surface area contributed by atoms with Crippen molar-refractivity contribution in [1.29, 1.82) is 0 Å². The van der Waals surface area contributed by atoms with E-state index >= 15 is 0 Å². The lowest BCUT2D eigenvalue weighted by molar-refractivity contribution is -0.213. The van der Waals surface area contributed by atoms with Crippen LogP contribution in [0.3, 0.4) is 0 Å². The fourth-order valence-electron chi connectivity index (χ4n) is 2.90. The molecule has 0 saturated carbocycles. The van der Waals surface area contributed by atoms with Crippen molar-refractivity contribution in [3.05, 3.63) is 0 Å². The molecule has 0 bridgehead atoms. The second-order valence-corrected chi connectivity index (χ2v) is 7.39. The summed E-state index contributed by atoms with van der Waals surface area (Å²) in [5, 5.41) is 56.3. The Bertz CT molecular complexity index is 379. The Hall–Kier alpha value is -0.770. The summed E-state index contributed by atoms with van der Waals surface area (Å²) in [7, 11) is 0. The maximum Gasteiger partial charge on any atom is 0.308 e. The molecule has 0 heterocycles. The van der Waals surface area contributed by atoms with Crippen molar-refractivity contribution in [2.75, 3.05) is 6.61 Å². The third-order valence-electron chi connectivity index (χ3n) is 4.81. The van der Waals surface area contributed by atoms with Crippen LogP contribution in [-0.2, 0) is 9.53 Å². The highest BCUT2D eigenvalue weighted by Gasteiger charge is 2.35. The highest BCUT2D eigenvalue weighted by atomic mass is 16.6. The van der Waals surface area contributed by atoms with Crippen LogP contribution in [0.2, 0.25) is 0 Å². The molecule has 8 nitrogen and oxygen atoms in total. The highest BCUT2D eigenvalue weighted by molar-refractivity contribution is 5.69. The first-order valence-electron chi connectivity index (χ1n) is 10.6. The van der Waals surface area contributed by atoms with Gasteiger partial charge in [-0.1, -0.05) is 71.1 Å². The quantitative estimate of drug-likeness (QED) is 0.112. The van der Waals surface area contributed by atoms with E-state index in [0.29, 0.717) is 6.42 Å². The van der Waals surface area contributed by atoms with Gasteiger partial charge in [0.1, 0.15) is 24.4 Å². The largest absolute Gasteiger partial charge is 0.433 e. The maximum atomic E-state index is 11.7. The minimum atomic E-state index is -2.03. The molecule has 0 rings (SSSR count). The molecular weight excluding hydrogens is 368 g/mol. The summed E-state index contributed by atoms with van der Waals surface area (Å²) in [6.07, 6.45) is 3.02. The van der Waals surface area contributed by atoms with Crippen LogP contribution in [0.25, 0.3) is 0 Å². The Morgan fingerprint density at radius 2 is 1.18 bits per heavy atom. The second kappa shape index (κ2) is 17.1. The number of aliphatic hydroxyl groups excluding tert-OH is 6. The number of ether oxygens (including phenoxy) is 1. The SMILES string of the molecule is CCCCCCCCCCCCCC(=O)OC(O)[C@H](O)[C@@H](O)[C@H](O)[C@H](O)CO. The van der Waals surface area contributed by atoms with Gasteiger partial charge in [0.25, 0.3) is 0 Å². The van der Waals surface area contributed by atoms with Crippen LogP contribution in [0.5, 0.6) is 0 Å². The van der Waals surface area contributed by atoms with Gasteiger partial charge in [-0.05, 0) is 6.42 Å². The number of unbranched alkanes of at least 4 members (excludes halogenated alkanes) is 10. The van der Waals surface area contributed by atoms with E-state index in [1.165, 1.54) is 44.9 Å². The van der Waals surface area contributed by atoms with Gasteiger partial charge in [-0.2, -0.15) is 0 Å². The maximum absolute atomic E-state index is 11.7. The van der Waals surface area contributed by atoms with E-state index in [-0.39, 0.29) is 6.42 Å². The van der Waals surface area contributed by atoms with Gasteiger partial charge in [0.2, 0.25) is 6.29 Å². The third kappa shape index (κ3) is 12.6. The molecule has 8 heteroatoms. The minimum absolute atomic E-state index is 0.0821. The Balaban J connectivity index is 3.77. The van der Waals surface area contributed by atoms with Crippen molar-refractivity contribution in [2.24, 2.45) is 0 Å². The average molecular weight is 409 g/mol. The van der Waals surface area contributed by atoms with E-state index in [9.17, 15) is 30.3 Å². The summed E-state index contributed by atoms with van der Waals surface area (Å²) in [5.74, 6) is -0.716. The molecule has 28 heavy (non-hydrogen) atoms. The molecule has 0 aromatic rings. The molecule has 0 amide bonds. The van der Waals surface area contributed by atoms with Crippen molar-refractivity contribution in [1.82, 2.24) is 0 Å². The zero-order chi connectivity index (χ0) is 21.4. The van der Waals surface area contributed by atoms with E-state index in [4.69, 9.17) is 5.11 Å². The van der Waals surface area contributed by atoms with E-state index in [1.807, 2.05) is 0 Å². The normalized spacial score (nSPS) is 17.0. The number of carbonyl (C=O) groups excluding carboxylic acids is 1. The first-order chi connectivity index (χ1) is 13.3. The molecule has 0 fully saturated rings. The summed E-state index contributed by atoms with van der Waals surface area (Å²) in [5.41, 5.74) is 0. The van der Waals surface area contributed by atoms with E-state index in [2.05, 4.69) is 11.7 Å². The molecule has 0 spiro atoms. The molecular formula is C20H40O8. The molecule has 1 unspecified atom stereocenters. The van der Waals surface area contributed by atoms with Crippen LogP contribution in [-0.4, -0.2) is 73.9 Å². The number of rotatable bonds is 18. The molecule has 0 aromatic carbocycles. The van der Waals surface area contributed by atoms with Crippen molar-refractivity contribution < 1.29 is 40.2 Å². The molecule has 0 saturated heterocycles. The zero-order valence-corrected chi connectivity index (χ0v) is 17.1. The molecule has 0 aliphatic carbocycles. The molecule has 0 aliphatic heterocycles. The van der Waals surface area contributed by atoms with Gasteiger partial charge in [-0.25, -0.2) is 0 Å². The third-order valence-corrected chi connectivity index (χ3v) is 4.81. The topological polar surface area (TPSA) is 148 Å². The van der Waals surface area contributed by atoms with E-state index < -0.39 is 43.3 Å². The summed E-state index contributed by atoms with van der Waals surface area (Å²) in [6, 6.07) is 0. The van der Waals surface area contributed by atoms with Gasteiger partial charge < -0.3 is 35.4 Å². The molecule has 0 radical (unpaired) electrons. The zero-order valence-electron chi connectivity index (χ0n) is 17.1. The average Bonchev–Trinajstić information content (AvgIpc) is 2.69. The Labute approximate surface area is 168 Å². The number of carbonyl (C=O) groups is 1. The monoisotopic (exact) mass is 408 g/mol. The number of hydrogen-bond acceptors (Lipinski definition) is 8. The highest BCUT2D eigenvalue weighted by Crippen LogP contribution is 2.13. The van der Waals surface area contributed by atoms with Crippen LogP contribution < -0.4 is 0 Å². The Kier molecular flexibility index (Phi) is 16.6. The molecule has 0 aliphatic rings. The predicted octanol–water partition coefficient (Wildman–Crippen LogP) is 0.985. The van der Waals surface area contributed by atoms with Crippen molar-refractivity contribution >= 4 is 5.97 Å². The lowest BCUT2D eigenvalue weighted by Gasteiger charge is -2.28. The summed E-state index contributed by atoms with van der Waals surface area (Å²) in [4.78, 5) is 11.7. The van der Waals surface area contributed by atoms with Crippen molar-refractivity contribution in [3.63, 3.8) is 0 Å². The number of hydrogen-bond donors (Lipinski definition) is 6. The number of aliphatic hydroxyl groups is 6.